The van der Waals surface area contributed by atoms with Gasteiger partial charge in [-0.1, -0.05) is 50.2 Å². The normalized spacial score (nSPS) is 12.4. The number of hydrogen-bond donors (Lipinski definition) is 0. The fourth-order valence-electron chi connectivity index (χ4n) is 3.49. The Bertz CT molecular complexity index is 1330. The summed E-state index contributed by atoms with van der Waals surface area (Å²) in [7, 11) is 0. The highest BCUT2D eigenvalue weighted by molar-refractivity contribution is 7.25. The van der Waals surface area contributed by atoms with Crippen LogP contribution in [0.1, 0.15) is 26.7 Å². The monoisotopic (exact) mass is 381 g/mol. The molecule has 0 bridgehead atoms. The molecule has 0 radical (unpaired) electrons. The fraction of sp³-hybridized carbons (Fsp3) is 0.120. The molecule has 0 aliphatic heterocycles. The maximum Gasteiger partial charge on any atom is 0.125 e. The van der Waals surface area contributed by atoms with Gasteiger partial charge in [0.05, 0.1) is 11.4 Å². The molecule has 0 fully saturated rings. The molecule has 3 aromatic heterocycles. The Morgan fingerprint density at radius 3 is 2.50 bits per heavy atom. The Morgan fingerprint density at radius 1 is 0.821 bits per heavy atom. The van der Waals surface area contributed by atoms with Crippen LogP contribution < -0.4 is 0 Å². The zero-order valence-corrected chi connectivity index (χ0v) is 16.6. The van der Waals surface area contributed by atoms with Gasteiger partial charge in [-0.25, -0.2) is 4.98 Å². The summed E-state index contributed by atoms with van der Waals surface area (Å²) >= 11 is 1.72. The van der Waals surface area contributed by atoms with Gasteiger partial charge >= 0.3 is 0 Å². The molecule has 0 saturated carbocycles. The minimum atomic E-state index is -0.644. The van der Waals surface area contributed by atoms with E-state index in [1.165, 1.54) is 15.5 Å². The van der Waals surface area contributed by atoms with Gasteiger partial charge in [-0.3, -0.25) is 4.98 Å². The zero-order chi connectivity index (χ0) is 20.0. The molecule has 2 aromatic carbocycles. The lowest BCUT2D eigenvalue weighted by atomic mass is 10.0. The average Bonchev–Trinajstić information content (AvgIpc) is 3.11. The van der Waals surface area contributed by atoms with E-state index in [2.05, 4.69) is 47.4 Å². The molecule has 136 valence electrons. The third-order valence-corrected chi connectivity index (χ3v) is 6.12. The predicted molar refractivity (Wildman–Crippen MR) is 120 cm³/mol. The van der Waals surface area contributed by atoms with Gasteiger partial charge in [0.2, 0.25) is 0 Å². The third-order valence-electron chi connectivity index (χ3n) is 5.04. The number of pyridine rings is 2. The first-order valence-corrected chi connectivity index (χ1v) is 10.2. The molecule has 0 saturated heterocycles. The molecule has 5 rings (SSSR count). The van der Waals surface area contributed by atoms with E-state index in [1.807, 2.05) is 44.2 Å². The number of rotatable bonds is 3. The summed E-state index contributed by atoms with van der Waals surface area (Å²) in [5.74, 6) is -0.644. The van der Waals surface area contributed by atoms with E-state index in [0.717, 1.165) is 32.9 Å². The number of aromatic nitrogens is 2. The van der Waals surface area contributed by atoms with Gasteiger partial charge in [0.1, 0.15) is 4.83 Å². The minimum absolute atomic E-state index is 0.644. The van der Waals surface area contributed by atoms with E-state index in [4.69, 9.17) is 6.35 Å². The first-order chi connectivity index (χ1) is 14.0. The topological polar surface area (TPSA) is 25.8 Å². The van der Waals surface area contributed by atoms with Crippen LogP contribution >= 0.6 is 11.3 Å². The van der Waals surface area contributed by atoms with Crippen molar-refractivity contribution in [3.8, 4) is 22.5 Å². The molecule has 0 N–H and O–H groups in total. The van der Waals surface area contributed by atoms with Crippen molar-refractivity contribution in [2.45, 2.75) is 19.7 Å². The van der Waals surface area contributed by atoms with Crippen molar-refractivity contribution < 1.29 is 1.37 Å². The van der Waals surface area contributed by atoms with E-state index >= 15 is 0 Å². The van der Waals surface area contributed by atoms with Crippen LogP contribution in [0.25, 0.3) is 42.8 Å². The predicted octanol–water partition coefficient (Wildman–Crippen LogP) is 7.30. The van der Waals surface area contributed by atoms with Crippen LogP contribution in [0.5, 0.6) is 0 Å². The molecule has 3 heteroatoms. The minimum Gasteiger partial charge on any atom is -0.256 e. The summed E-state index contributed by atoms with van der Waals surface area (Å²) in [5, 5.41) is 2.37. The third kappa shape index (κ3) is 2.98. The van der Waals surface area contributed by atoms with Crippen LogP contribution in [0.15, 0.2) is 79.0 Å². The molecule has 0 spiro atoms. The molecule has 0 aliphatic carbocycles. The van der Waals surface area contributed by atoms with Gasteiger partial charge < -0.3 is 0 Å². The fourth-order valence-corrected chi connectivity index (χ4v) is 4.54. The number of hydrogen-bond acceptors (Lipinski definition) is 3. The summed E-state index contributed by atoms with van der Waals surface area (Å²) < 4.78 is 9.52. The molecule has 3 heterocycles. The quantitative estimate of drug-likeness (QED) is 0.327. The summed E-state index contributed by atoms with van der Waals surface area (Å²) in [6, 6.07) is 24.9. The lowest BCUT2D eigenvalue weighted by Gasteiger charge is -2.07. The lowest BCUT2D eigenvalue weighted by Crippen LogP contribution is -1.90. The number of fused-ring (bicyclic) bond motifs is 3. The Kier molecular flexibility index (Phi) is 3.90. The Balaban J connectivity index is 1.63. The number of thiophene rings is 1. The van der Waals surface area contributed by atoms with E-state index in [1.54, 1.807) is 17.5 Å². The molecule has 0 atom stereocenters. The highest BCUT2D eigenvalue weighted by Crippen LogP contribution is 2.36. The van der Waals surface area contributed by atoms with Crippen LogP contribution in [-0.4, -0.2) is 9.97 Å². The van der Waals surface area contributed by atoms with Crippen molar-refractivity contribution in [2.75, 3.05) is 0 Å². The summed E-state index contributed by atoms with van der Waals surface area (Å²) in [5.41, 5.74) is 5.06. The van der Waals surface area contributed by atoms with Crippen LogP contribution in [0.4, 0.5) is 0 Å². The van der Waals surface area contributed by atoms with Gasteiger partial charge in [0.15, 0.2) is 0 Å². The van der Waals surface area contributed by atoms with Crippen LogP contribution in [0, 0.1) is 0 Å². The summed E-state index contributed by atoms with van der Waals surface area (Å²) in [6.45, 7) is 3.80. The Hall–Kier alpha value is -3.04. The van der Waals surface area contributed by atoms with Gasteiger partial charge in [-0.2, -0.15) is 0 Å². The van der Waals surface area contributed by atoms with Crippen molar-refractivity contribution >= 4 is 31.6 Å². The Morgan fingerprint density at radius 2 is 1.68 bits per heavy atom. The van der Waals surface area contributed by atoms with Crippen LogP contribution in [0.2, 0.25) is 0 Å². The second kappa shape index (κ2) is 6.84. The maximum atomic E-state index is 8.30. The van der Waals surface area contributed by atoms with E-state index in [9.17, 15) is 0 Å². The summed E-state index contributed by atoms with van der Waals surface area (Å²) in [6.07, 6.45) is 1.80. The molecule has 0 unspecified atom stereocenters. The molecule has 5 aromatic rings. The van der Waals surface area contributed by atoms with Crippen molar-refractivity contribution in [2.24, 2.45) is 0 Å². The average molecular weight is 382 g/mol. The van der Waals surface area contributed by atoms with Gasteiger partial charge in [-0.05, 0) is 47.9 Å². The van der Waals surface area contributed by atoms with Crippen molar-refractivity contribution in [1.82, 2.24) is 9.97 Å². The molecular weight excluding hydrogens is 360 g/mol. The maximum absolute atomic E-state index is 8.30. The van der Waals surface area contributed by atoms with E-state index < -0.39 is 5.89 Å². The van der Waals surface area contributed by atoms with Crippen molar-refractivity contribution in [3.63, 3.8) is 0 Å². The highest BCUT2D eigenvalue weighted by Gasteiger charge is 2.11. The highest BCUT2D eigenvalue weighted by atomic mass is 32.1. The summed E-state index contributed by atoms with van der Waals surface area (Å²) in [4.78, 5) is 10.5. The second-order valence-corrected chi connectivity index (χ2v) is 8.19. The van der Waals surface area contributed by atoms with E-state index in [-0.39, 0.29) is 0 Å². The standard InChI is InChI=1S/C25H20N2S/c1-16(2)18-12-13-26-23(15-18)19-8-11-24-21(14-19)20-9-10-22(27-25(20)28-24)17-6-4-3-5-7-17/h3-16H,1-2H3/i16D. The lowest BCUT2D eigenvalue weighted by molar-refractivity contribution is 0.864. The van der Waals surface area contributed by atoms with Gasteiger partial charge in [-0.15, -0.1) is 11.3 Å². The largest absolute Gasteiger partial charge is 0.256 e. The molecular formula is C25H20N2S. The number of benzene rings is 2. The second-order valence-electron chi connectivity index (χ2n) is 7.16. The molecule has 2 nitrogen and oxygen atoms in total. The smallest absolute Gasteiger partial charge is 0.125 e. The molecule has 0 aliphatic rings. The Labute approximate surface area is 169 Å². The molecule has 0 amide bonds. The van der Waals surface area contributed by atoms with Crippen molar-refractivity contribution in [3.05, 3.63) is 84.6 Å². The zero-order valence-electron chi connectivity index (χ0n) is 16.8. The van der Waals surface area contributed by atoms with Crippen LogP contribution in [-0.2, 0) is 0 Å². The first kappa shape index (κ1) is 16.0. The SMILES string of the molecule is [2H]C(C)(C)c1ccnc(-c2ccc3sc4nc(-c5ccccc5)ccc4c3c2)c1. The van der Waals surface area contributed by atoms with E-state index in [0.29, 0.717) is 0 Å². The molecule has 28 heavy (non-hydrogen) atoms. The van der Waals surface area contributed by atoms with Crippen molar-refractivity contribution in [1.29, 1.82) is 0 Å². The number of nitrogens with zero attached hydrogens (tertiary/aromatic N) is 2. The van der Waals surface area contributed by atoms with Gasteiger partial charge in [0.25, 0.3) is 0 Å². The van der Waals surface area contributed by atoms with Crippen LogP contribution in [0.3, 0.4) is 0 Å². The van der Waals surface area contributed by atoms with Gasteiger partial charge in [0, 0.05) is 34.2 Å². The first-order valence-electron chi connectivity index (χ1n) is 9.85.